The van der Waals surface area contributed by atoms with Crippen LogP contribution in [-0.2, 0) is 16.6 Å². The normalized spacial score (nSPS) is 14.2. The zero-order chi connectivity index (χ0) is 15.3. The van der Waals surface area contributed by atoms with Crippen LogP contribution in [0.15, 0.2) is 21.6 Å². The van der Waals surface area contributed by atoms with Crippen molar-refractivity contribution in [3.63, 3.8) is 0 Å². The van der Waals surface area contributed by atoms with Gasteiger partial charge in [0.1, 0.15) is 5.76 Å². The molecule has 2 N–H and O–H groups in total. The van der Waals surface area contributed by atoms with E-state index in [1.165, 1.54) is 13.1 Å². The molecule has 0 bridgehead atoms. The largest absolute Gasteiger partial charge is 0.447 e. The minimum absolute atomic E-state index is 0.0511. The van der Waals surface area contributed by atoms with Crippen LogP contribution in [0.25, 0.3) is 0 Å². The summed E-state index contributed by atoms with van der Waals surface area (Å²) in [6.45, 7) is 5.68. The number of sulfonamides is 1. The molecule has 0 saturated carbocycles. The molecule has 0 aliphatic rings. The van der Waals surface area contributed by atoms with Crippen molar-refractivity contribution in [2.24, 2.45) is 5.92 Å². The van der Waals surface area contributed by atoms with Crippen molar-refractivity contribution in [3.05, 3.63) is 17.9 Å². The highest BCUT2D eigenvalue weighted by Crippen LogP contribution is 2.13. The van der Waals surface area contributed by atoms with Gasteiger partial charge in [-0.25, -0.2) is 13.1 Å². The quantitative estimate of drug-likeness (QED) is 0.745. The van der Waals surface area contributed by atoms with Crippen molar-refractivity contribution < 1.29 is 12.8 Å². The summed E-state index contributed by atoms with van der Waals surface area (Å²) in [7, 11) is 1.97. The van der Waals surface area contributed by atoms with E-state index in [0.717, 1.165) is 6.54 Å². The fraction of sp³-hybridized carbons (Fsp3) is 0.692. The van der Waals surface area contributed by atoms with E-state index in [1.807, 2.05) is 0 Å². The van der Waals surface area contributed by atoms with Crippen molar-refractivity contribution in [1.82, 2.24) is 14.9 Å². The first-order valence-corrected chi connectivity index (χ1v) is 8.15. The second-order valence-electron chi connectivity index (χ2n) is 5.33. The van der Waals surface area contributed by atoms with E-state index in [1.54, 1.807) is 6.07 Å². The van der Waals surface area contributed by atoms with Gasteiger partial charge in [0.2, 0.25) is 5.09 Å². The predicted octanol–water partition coefficient (Wildman–Crippen LogP) is 0.864. The van der Waals surface area contributed by atoms with Gasteiger partial charge in [0, 0.05) is 12.6 Å². The van der Waals surface area contributed by atoms with Gasteiger partial charge in [0.25, 0.3) is 10.0 Å². The molecule has 116 valence electrons. The third-order valence-electron chi connectivity index (χ3n) is 3.26. The van der Waals surface area contributed by atoms with E-state index >= 15 is 0 Å². The number of nitrogens with zero attached hydrogens (tertiary/aromatic N) is 1. The van der Waals surface area contributed by atoms with E-state index in [0.29, 0.717) is 24.3 Å². The predicted molar refractivity (Wildman–Crippen MR) is 79.0 cm³/mol. The van der Waals surface area contributed by atoms with Gasteiger partial charge in [-0.05, 0) is 39.2 Å². The van der Waals surface area contributed by atoms with Crippen molar-refractivity contribution in [2.75, 3.05) is 27.7 Å². The topological polar surface area (TPSA) is 74.6 Å². The average Bonchev–Trinajstić information content (AvgIpc) is 2.83. The second kappa shape index (κ2) is 7.21. The molecule has 1 heterocycles. The molecular weight excluding hydrogens is 278 g/mol. The summed E-state index contributed by atoms with van der Waals surface area (Å²) >= 11 is 0. The summed E-state index contributed by atoms with van der Waals surface area (Å²) in [6.07, 6.45) is 0. The lowest BCUT2D eigenvalue weighted by atomic mass is 10.0. The molecule has 0 amide bonds. The summed E-state index contributed by atoms with van der Waals surface area (Å²) in [5.74, 6) is 1.15. The van der Waals surface area contributed by atoms with E-state index in [2.05, 4.69) is 42.9 Å². The SMILES string of the molecule is CNS(=O)(=O)c1ccc(CNCC(C(C)C)N(C)C)o1. The van der Waals surface area contributed by atoms with E-state index in [9.17, 15) is 8.42 Å². The van der Waals surface area contributed by atoms with E-state index in [-0.39, 0.29) is 5.09 Å². The first-order chi connectivity index (χ1) is 9.27. The Morgan fingerprint density at radius 3 is 2.45 bits per heavy atom. The Bertz CT molecular complexity index is 501. The van der Waals surface area contributed by atoms with Gasteiger partial charge in [0.15, 0.2) is 0 Å². The van der Waals surface area contributed by atoms with Crippen LogP contribution in [0.4, 0.5) is 0 Å². The number of hydrogen-bond acceptors (Lipinski definition) is 5. The third-order valence-corrected chi connectivity index (χ3v) is 4.54. The number of nitrogens with one attached hydrogen (secondary N) is 2. The van der Waals surface area contributed by atoms with Crippen molar-refractivity contribution in [3.8, 4) is 0 Å². The van der Waals surface area contributed by atoms with Crippen LogP contribution in [0.3, 0.4) is 0 Å². The van der Waals surface area contributed by atoms with Crippen molar-refractivity contribution >= 4 is 10.0 Å². The molecule has 6 nitrogen and oxygen atoms in total. The highest BCUT2D eigenvalue weighted by atomic mass is 32.2. The smallest absolute Gasteiger partial charge is 0.273 e. The van der Waals surface area contributed by atoms with Crippen molar-refractivity contribution in [1.29, 1.82) is 0 Å². The maximum atomic E-state index is 11.5. The molecule has 1 unspecified atom stereocenters. The molecule has 0 aliphatic carbocycles. The second-order valence-corrected chi connectivity index (χ2v) is 7.15. The van der Waals surface area contributed by atoms with Gasteiger partial charge in [-0.2, -0.15) is 0 Å². The van der Waals surface area contributed by atoms with Crippen LogP contribution in [0, 0.1) is 5.92 Å². The highest BCUT2D eigenvalue weighted by molar-refractivity contribution is 7.89. The van der Waals surface area contributed by atoms with Crippen LogP contribution >= 0.6 is 0 Å². The third kappa shape index (κ3) is 4.59. The van der Waals surface area contributed by atoms with Gasteiger partial charge >= 0.3 is 0 Å². The number of furan rings is 1. The van der Waals surface area contributed by atoms with Crippen LogP contribution in [0.5, 0.6) is 0 Å². The van der Waals surface area contributed by atoms with Gasteiger partial charge in [-0.1, -0.05) is 13.8 Å². The van der Waals surface area contributed by atoms with Gasteiger partial charge in [0.05, 0.1) is 6.54 Å². The number of hydrogen-bond donors (Lipinski definition) is 2. The molecule has 0 radical (unpaired) electrons. The first-order valence-electron chi connectivity index (χ1n) is 6.67. The lowest BCUT2D eigenvalue weighted by molar-refractivity contribution is 0.222. The highest BCUT2D eigenvalue weighted by Gasteiger charge is 2.17. The molecule has 1 aromatic rings. The fourth-order valence-corrected chi connectivity index (χ4v) is 2.72. The number of rotatable bonds is 8. The summed E-state index contributed by atoms with van der Waals surface area (Å²) < 4.78 is 30.6. The average molecular weight is 303 g/mol. The molecule has 7 heteroatoms. The van der Waals surface area contributed by atoms with E-state index in [4.69, 9.17) is 4.42 Å². The molecule has 0 spiro atoms. The number of likely N-dealkylation sites (N-methyl/N-ethyl adjacent to an activating group) is 1. The summed E-state index contributed by atoms with van der Waals surface area (Å²) in [5, 5.41) is 3.25. The van der Waals surface area contributed by atoms with Crippen LogP contribution in [0.1, 0.15) is 19.6 Å². The van der Waals surface area contributed by atoms with Crippen LogP contribution < -0.4 is 10.0 Å². The zero-order valence-corrected chi connectivity index (χ0v) is 13.6. The summed E-state index contributed by atoms with van der Waals surface area (Å²) in [4.78, 5) is 2.18. The monoisotopic (exact) mass is 303 g/mol. The maximum absolute atomic E-state index is 11.5. The Morgan fingerprint density at radius 1 is 1.30 bits per heavy atom. The molecule has 0 aromatic carbocycles. The fourth-order valence-electron chi connectivity index (χ4n) is 2.06. The molecule has 0 aliphatic heterocycles. The molecule has 0 saturated heterocycles. The Labute approximate surface area is 121 Å². The van der Waals surface area contributed by atoms with Gasteiger partial charge < -0.3 is 14.6 Å². The molecule has 20 heavy (non-hydrogen) atoms. The van der Waals surface area contributed by atoms with Crippen LogP contribution in [-0.4, -0.2) is 47.0 Å². The maximum Gasteiger partial charge on any atom is 0.273 e. The Hall–Kier alpha value is -0.890. The standard InChI is InChI=1S/C13H25N3O3S/c1-10(2)12(16(4)5)9-15-8-11-6-7-13(19-11)20(17,18)14-3/h6-7,10,12,14-15H,8-9H2,1-5H3. The first kappa shape index (κ1) is 17.2. The summed E-state index contributed by atoms with van der Waals surface area (Å²) in [6, 6.07) is 3.57. The lowest BCUT2D eigenvalue weighted by Gasteiger charge is -2.28. The van der Waals surface area contributed by atoms with E-state index < -0.39 is 10.0 Å². The Balaban J connectivity index is 2.55. The lowest BCUT2D eigenvalue weighted by Crippen LogP contribution is -2.41. The van der Waals surface area contributed by atoms with Crippen LogP contribution in [0.2, 0.25) is 0 Å². The minimum Gasteiger partial charge on any atom is -0.447 e. The molecule has 1 rings (SSSR count). The molecular formula is C13H25N3O3S. The zero-order valence-electron chi connectivity index (χ0n) is 12.8. The molecule has 1 atom stereocenters. The molecule has 0 fully saturated rings. The van der Waals surface area contributed by atoms with Gasteiger partial charge in [-0.15, -0.1) is 0 Å². The summed E-state index contributed by atoms with van der Waals surface area (Å²) in [5.41, 5.74) is 0. The molecule has 1 aromatic heterocycles. The minimum atomic E-state index is -3.50. The Morgan fingerprint density at radius 2 is 1.95 bits per heavy atom. The van der Waals surface area contributed by atoms with Gasteiger partial charge in [-0.3, -0.25) is 0 Å². The Kier molecular flexibility index (Phi) is 6.19. The van der Waals surface area contributed by atoms with Crippen molar-refractivity contribution in [2.45, 2.75) is 31.5 Å².